The van der Waals surface area contributed by atoms with Crippen LogP contribution >= 0.6 is 11.8 Å². The van der Waals surface area contributed by atoms with Crippen LogP contribution in [0.5, 0.6) is 5.75 Å². The summed E-state index contributed by atoms with van der Waals surface area (Å²) in [4.78, 5) is 14.4. The Morgan fingerprint density at radius 3 is 2.72 bits per heavy atom. The first kappa shape index (κ1) is 17.8. The van der Waals surface area contributed by atoms with Gasteiger partial charge < -0.3 is 18.9 Å². The molecule has 0 unspecified atom stereocenters. The molecule has 0 N–H and O–H groups in total. The second-order valence-corrected chi connectivity index (χ2v) is 7.07. The summed E-state index contributed by atoms with van der Waals surface area (Å²) in [6.07, 6.45) is 0. The van der Waals surface area contributed by atoms with Crippen LogP contribution in [0.25, 0.3) is 11.4 Å². The van der Waals surface area contributed by atoms with E-state index in [2.05, 4.69) is 10.2 Å². The van der Waals surface area contributed by atoms with Crippen molar-refractivity contribution in [1.29, 1.82) is 0 Å². The summed E-state index contributed by atoms with van der Waals surface area (Å²) in [6.45, 7) is 4.40. The van der Waals surface area contributed by atoms with Crippen LogP contribution in [0.15, 0.2) is 29.4 Å². The molecule has 1 amide bonds. The average molecular weight is 362 g/mol. The number of nitrogens with zero attached hydrogens (tertiary/aromatic N) is 4. The maximum atomic E-state index is 12.6. The van der Waals surface area contributed by atoms with Crippen LogP contribution in [0.1, 0.15) is 6.92 Å². The number of para-hydroxylation sites is 1. The highest BCUT2D eigenvalue weighted by Gasteiger charge is 2.25. The Hall–Kier alpha value is -2.06. The minimum absolute atomic E-state index is 0.107. The van der Waals surface area contributed by atoms with Gasteiger partial charge in [0.15, 0.2) is 11.0 Å². The molecule has 1 aromatic heterocycles. The van der Waals surface area contributed by atoms with E-state index < -0.39 is 0 Å². The zero-order valence-corrected chi connectivity index (χ0v) is 15.5. The van der Waals surface area contributed by atoms with E-state index in [1.54, 1.807) is 7.11 Å². The quantitative estimate of drug-likeness (QED) is 0.756. The van der Waals surface area contributed by atoms with Crippen molar-refractivity contribution in [2.45, 2.75) is 17.3 Å². The first-order chi connectivity index (χ1) is 12.1. The van der Waals surface area contributed by atoms with E-state index >= 15 is 0 Å². The van der Waals surface area contributed by atoms with Gasteiger partial charge in [-0.25, -0.2) is 0 Å². The number of hydrogen-bond donors (Lipinski definition) is 0. The second-order valence-electron chi connectivity index (χ2n) is 5.76. The van der Waals surface area contributed by atoms with Gasteiger partial charge in [0.05, 0.1) is 31.1 Å². The minimum atomic E-state index is -0.230. The molecule has 8 heteroatoms. The largest absolute Gasteiger partial charge is 0.496 e. The summed E-state index contributed by atoms with van der Waals surface area (Å²) in [5, 5.41) is 9.02. The van der Waals surface area contributed by atoms with E-state index in [0.29, 0.717) is 37.3 Å². The molecule has 7 nitrogen and oxygen atoms in total. The Morgan fingerprint density at radius 1 is 1.28 bits per heavy atom. The number of ether oxygens (including phenoxy) is 2. The molecular formula is C17H22N4O3S. The Balaban J connectivity index is 1.76. The Kier molecular flexibility index (Phi) is 5.60. The summed E-state index contributed by atoms with van der Waals surface area (Å²) in [5.74, 6) is 1.56. The third kappa shape index (κ3) is 3.80. The van der Waals surface area contributed by atoms with Crippen molar-refractivity contribution >= 4 is 17.7 Å². The molecule has 0 radical (unpaired) electrons. The van der Waals surface area contributed by atoms with E-state index in [4.69, 9.17) is 9.47 Å². The molecule has 2 aromatic rings. The first-order valence-electron chi connectivity index (χ1n) is 8.17. The maximum absolute atomic E-state index is 12.6. The number of aromatic nitrogens is 3. The van der Waals surface area contributed by atoms with E-state index in [-0.39, 0.29) is 11.2 Å². The highest BCUT2D eigenvalue weighted by Crippen LogP contribution is 2.31. The van der Waals surface area contributed by atoms with Crippen molar-refractivity contribution in [2.75, 3.05) is 33.4 Å². The van der Waals surface area contributed by atoms with Gasteiger partial charge in [-0.2, -0.15) is 0 Å². The van der Waals surface area contributed by atoms with Gasteiger partial charge in [0.1, 0.15) is 5.75 Å². The highest BCUT2D eigenvalue weighted by molar-refractivity contribution is 8.00. The molecule has 0 spiro atoms. The molecule has 1 aromatic carbocycles. The number of carbonyl (C=O) groups is 1. The molecule has 134 valence electrons. The van der Waals surface area contributed by atoms with Gasteiger partial charge in [0.2, 0.25) is 5.91 Å². The van der Waals surface area contributed by atoms with Crippen molar-refractivity contribution in [2.24, 2.45) is 7.05 Å². The van der Waals surface area contributed by atoms with Gasteiger partial charge in [-0.1, -0.05) is 23.9 Å². The van der Waals surface area contributed by atoms with E-state index in [1.165, 1.54) is 11.8 Å². The summed E-state index contributed by atoms with van der Waals surface area (Å²) in [5.41, 5.74) is 0.874. The van der Waals surface area contributed by atoms with Gasteiger partial charge >= 0.3 is 0 Å². The smallest absolute Gasteiger partial charge is 0.236 e. The van der Waals surface area contributed by atoms with Crippen LogP contribution in [-0.4, -0.2) is 64.2 Å². The number of thioether (sulfide) groups is 1. The summed E-state index contributed by atoms with van der Waals surface area (Å²) in [6, 6.07) is 7.68. The number of hydrogen-bond acceptors (Lipinski definition) is 6. The molecule has 1 aliphatic rings. The van der Waals surface area contributed by atoms with Gasteiger partial charge in [-0.05, 0) is 19.1 Å². The fourth-order valence-corrected chi connectivity index (χ4v) is 3.63. The van der Waals surface area contributed by atoms with Gasteiger partial charge in [-0.3, -0.25) is 4.79 Å². The van der Waals surface area contributed by atoms with Gasteiger partial charge in [0.25, 0.3) is 0 Å². The van der Waals surface area contributed by atoms with Crippen LogP contribution in [0.4, 0.5) is 0 Å². The first-order valence-corrected chi connectivity index (χ1v) is 9.05. The monoisotopic (exact) mass is 362 g/mol. The predicted octanol–water partition coefficient (Wildman–Crippen LogP) is 1.83. The number of amides is 1. The van der Waals surface area contributed by atoms with Crippen molar-refractivity contribution in [3.8, 4) is 17.1 Å². The average Bonchev–Trinajstić information content (AvgIpc) is 3.02. The Bertz CT molecular complexity index is 743. The second kappa shape index (κ2) is 7.88. The highest BCUT2D eigenvalue weighted by atomic mass is 32.2. The summed E-state index contributed by atoms with van der Waals surface area (Å²) < 4.78 is 12.6. The van der Waals surface area contributed by atoms with E-state index in [0.717, 1.165) is 11.3 Å². The molecule has 3 rings (SSSR count). The van der Waals surface area contributed by atoms with Crippen LogP contribution in [0.2, 0.25) is 0 Å². The van der Waals surface area contributed by atoms with Crippen LogP contribution in [0, 0.1) is 0 Å². The van der Waals surface area contributed by atoms with Crippen molar-refractivity contribution in [3.63, 3.8) is 0 Å². The fourth-order valence-electron chi connectivity index (χ4n) is 2.73. The fraction of sp³-hybridized carbons (Fsp3) is 0.471. The number of methoxy groups -OCH3 is 1. The molecular weight excluding hydrogens is 340 g/mol. The number of rotatable bonds is 5. The lowest BCUT2D eigenvalue weighted by molar-refractivity contribution is -0.134. The predicted molar refractivity (Wildman–Crippen MR) is 95.7 cm³/mol. The maximum Gasteiger partial charge on any atom is 0.236 e. The Labute approximate surface area is 151 Å². The molecule has 1 atom stereocenters. The molecule has 0 saturated carbocycles. The number of carbonyl (C=O) groups excluding carboxylic acids is 1. The normalized spacial score (nSPS) is 15.9. The number of benzene rings is 1. The molecule has 0 aliphatic carbocycles. The molecule has 1 saturated heterocycles. The van der Waals surface area contributed by atoms with Gasteiger partial charge in [0, 0.05) is 20.1 Å². The topological polar surface area (TPSA) is 69.5 Å². The standard InChI is InChI=1S/C17H22N4O3S/c1-12(16(22)21-8-10-24-11-9-21)25-17-19-18-15(20(17)2)13-6-4-5-7-14(13)23-3/h4-7,12H,8-11H2,1-3H3/t12-/m1/s1. The Morgan fingerprint density at radius 2 is 2.00 bits per heavy atom. The van der Waals surface area contributed by atoms with Crippen LogP contribution in [0.3, 0.4) is 0 Å². The lowest BCUT2D eigenvalue weighted by Crippen LogP contribution is -2.44. The zero-order valence-electron chi connectivity index (χ0n) is 14.6. The van der Waals surface area contributed by atoms with Crippen LogP contribution < -0.4 is 4.74 Å². The lowest BCUT2D eigenvalue weighted by Gasteiger charge is -2.28. The summed E-state index contributed by atoms with van der Waals surface area (Å²) >= 11 is 1.42. The minimum Gasteiger partial charge on any atom is -0.496 e. The van der Waals surface area contributed by atoms with Gasteiger partial charge in [-0.15, -0.1) is 10.2 Å². The summed E-state index contributed by atoms with van der Waals surface area (Å²) in [7, 11) is 3.53. The molecule has 2 heterocycles. The molecule has 25 heavy (non-hydrogen) atoms. The third-order valence-corrected chi connectivity index (χ3v) is 5.26. The number of morpholine rings is 1. The van der Waals surface area contributed by atoms with E-state index in [1.807, 2.05) is 47.7 Å². The van der Waals surface area contributed by atoms with Crippen molar-refractivity contribution in [3.05, 3.63) is 24.3 Å². The van der Waals surface area contributed by atoms with E-state index in [9.17, 15) is 4.79 Å². The molecule has 0 bridgehead atoms. The molecule has 1 fully saturated rings. The molecule has 1 aliphatic heterocycles. The zero-order chi connectivity index (χ0) is 17.8. The lowest BCUT2D eigenvalue weighted by atomic mass is 10.2. The third-order valence-electron chi connectivity index (χ3n) is 4.14. The van der Waals surface area contributed by atoms with Crippen molar-refractivity contribution in [1.82, 2.24) is 19.7 Å². The van der Waals surface area contributed by atoms with Crippen LogP contribution in [-0.2, 0) is 16.6 Å². The SMILES string of the molecule is COc1ccccc1-c1nnc(S[C@H](C)C(=O)N2CCOCC2)n1C. The van der Waals surface area contributed by atoms with Crippen molar-refractivity contribution < 1.29 is 14.3 Å².